The smallest absolute Gasteiger partial charge is 0.334 e. The summed E-state index contributed by atoms with van der Waals surface area (Å²) in [6.45, 7) is 8.54. The molecule has 20 heavy (non-hydrogen) atoms. The number of cyclic esters (lactones) is 1. The molecule has 2 heteroatoms. The van der Waals surface area contributed by atoms with Crippen molar-refractivity contribution in [2.45, 2.75) is 78.2 Å². The maximum Gasteiger partial charge on any atom is 0.334 e. The number of rotatable bonds is 9. The van der Waals surface area contributed by atoms with Gasteiger partial charge >= 0.3 is 5.97 Å². The summed E-state index contributed by atoms with van der Waals surface area (Å²) in [5.41, 5.74) is 0.527. The van der Waals surface area contributed by atoms with Crippen LogP contribution < -0.4 is 0 Å². The minimum absolute atomic E-state index is 0.104. The molecule has 0 radical (unpaired) electrons. The van der Waals surface area contributed by atoms with E-state index < -0.39 is 0 Å². The van der Waals surface area contributed by atoms with Gasteiger partial charge < -0.3 is 4.74 Å². The second-order valence-corrected chi connectivity index (χ2v) is 5.73. The minimum Gasteiger partial charge on any atom is -0.451 e. The Labute approximate surface area is 124 Å². The van der Waals surface area contributed by atoms with Crippen LogP contribution in [0.5, 0.6) is 0 Å². The van der Waals surface area contributed by atoms with Crippen molar-refractivity contribution >= 4 is 5.97 Å². The molecule has 0 amide bonds. The molecule has 0 saturated heterocycles. The highest BCUT2D eigenvalue weighted by Gasteiger charge is 2.37. The highest BCUT2D eigenvalue weighted by atomic mass is 16.6. The van der Waals surface area contributed by atoms with E-state index in [0.29, 0.717) is 5.92 Å². The average Bonchev–Trinajstić information content (AvgIpc) is 2.79. The molecule has 0 spiro atoms. The number of carbonyl (C=O) groups is 1. The van der Waals surface area contributed by atoms with Gasteiger partial charge in [0.2, 0.25) is 0 Å². The molecule has 2 nitrogen and oxygen atoms in total. The molecule has 0 aliphatic carbocycles. The van der Waals surface area contributed by atoms with Crippen LogP contribution in [0.25, 0.3) is 0 Å². The maximum atomic E-state index is 11.8. The quantitative estimate of drug-likeness (QED) is 0.428. The van der Waals surface area contributed by atoms with Crippen LogP contribution in [-0.2, 0) is 9.53 Å². The molecule has 1 rings (SSSR count). The molecule has 114 valence electrons. The van der Waals surface area contributed by atoms with Gasteiger partial charge in [0.1, 0.15) is 5.60 Å². The number of ether oxygens (including phenoxy) is 1. The van der Waals surface area contributed by atoms with Gasteiger partial charge in [-0.15, -0.1) is 0 Å². The number of allylic oxidation sites excluding steroid dienone is 2. The van der Waals surface area contributed by atoms with E-state index in [9.17, 15) is 4.79 Å². The van der Waals surface area contributed by atoms with E-state index in [1.807, 2.05) is 6.92 Å². The summed E-state index contributed by atoms with van der Waals surface area (Å²) in [5, 5.41) is 0. The molecule has 0 fully saturated rings. The van der Waals surface area contributed by atoms with Gasteiger partial charge in [-0.05, 0) is 56.9 Å². The van der Waals surface area contributed by atoms with Crippen LogP contribution >= 0.6 is 0 Å². The van der Waals surface area contributed by atoms with Gasteiger partial charge in [-0.25, -0.2) is 4.79 Å². The van der Waals surface area contributed by atoms with Crippen molar-refractivity contribution in [3.05, 3.63) is 23.8 Å². The van der Waals surface area contributed by atoms with Crippen LogP contribution in [0, 0.1) is 5.92 Å². The molecule has 0 aromatic heterocycles. The second-order valence-electron chi connectivity index (χ2n) is 5.73. The first-order valence-electron chi connectivity index (χ1n) is 8.22. The highest BCUT2D eigenvalue weighted by Crippen LogP contribution is 2.34. The van der Waals surface area contributed by atoms with Crippen molar-refractivity contribution in [3.8, 4) is 0 Å². The third-order valence-electron chi connectivity index (χ3n) is 4.32. The first kappa shape index (κ1) is 17.0. The lowest BCUT2D eigenvalue weighted by Gasteiger charge is -2.25. The van der Waals surface area contributed by atoms with Gasteiger partial charge in [0.15, 0.2) is 0 Å². The van der Waals surface area contributed by atoms with Crippen LogP contribution in [0.3, 0.4) is 0 Å². The topological polar surface area (TPSA) is 26.3 Å². The Kier molecular flexibility index (Phi) is 7.04. The zero-order valence-electron chi connectivity index (χ0n) is 13.6. The standard InChI is InChI=1S/C18H30O2/c1-5-9-11-15(6-2)12-10-13-18(8-4)14-16(7-3)17(19)20-18/h9,11,14-15H,5-8,10,12-13H2,1-4H3. The van der Waals surface area contributed by atoms with E-state index in [2.05, 4.69) is 39.0 Å². The third-order valence-corrected chi connectivity index (χ3v) is 4.32. The Morgan fingerprint density at radius 1 is 1.30 bits per heavy atom. The summed E-state index contributed by atoms with van der Waals surface area (Å²) >= 11 is 0. The van der Waals surface area contributed by atoms with Gasteiger partial charge in [-0.2, -0.15) is 0 Å². The molecule has 1 aliphatic heterocycles. The van der Waals surface area contributed by atoms with Crippen molar-refractivity contribution in [1.82, 2.24) is 0 Å². The molecule has 0 bridgehead atoms. The highest BCUT2D eigenvalue weighted by molar-refractivity contribution is 5.91. The number of hydrogen-bond donors (Lipinski definition) is 0. The Hall–Kier alpha value is -1.05. The normalized spacial score (nSPS) is 24.0. The molecule has 1 heterocycles. The van der Waals surface area contributed by atoms with Crippen molar-refractivity contribution in [2.75, 3.05) is 0 Å². The Bertz CT molecular complexity index is 368. The largest absolute Gasteiger partial charge is 0.451 e. The number of carbonyl (C=O) groups excluding carboxylic acids is 1. The Morgan fingerprint density at radius 3 is 2.55 bits per heavy atom. The predicted molar refractivity (Wildman–Crippen MR) is 84.6 cm³/mol. The fourth-order valence-corrected chi connectivity index (χ4v) is 2.81. The summed E-state index contributed by atoms with van der Waals surface area (Å²) in [4.78, 5) is 11.8. The molecule has 0 saturated carbocycles. The molecule has 0 aromatic carbocycles. The van der Waals surface area contributed by atoms with Gasteiger partial charge in [0.05, 0.1) is 0 Å². The molecule has 0 aromatic rings. The van der Waals surface area contributed by atoms with Crippen LogP contribution in [-0.4, -0.2) is 11.6 Å². The van der Waals surface area contributed by atoms with E-state index >= 15 is 0 Å². The molecule has 0 N–H and O–H groups in total. The minimum atomic E-state index is -0.324. The Morgan fingerprint density at radius 2 is 2.05 bits per heavy atom. The van der Waals surface area contributed by atoms with Crippen LogP contribution in [0.15, 0.2) is 23.8 Å². The van der Waals surface area contributed by atoms with Gasteiger partial charge in [0, 0.05) is 5.57 Å². The van der Waals surface area contributed by atoms with Crippen molar-refractivity contribution in [2.24, 2.45) is 5.92 Å². The van der Waals surface area contributed by atoms with Gasteiger partial charge in [0.25, 0.3) is 0 Å². The number of esters is 1. The molecular formula is C18H30O2. The summed E-state index contributed by atoms with van der Waals surface area (Å²) in [6.07, 6.45) is 13.9. The Balaban J connectivity index is 2.52. The van der Waals surface area contributed by atoms with Gasteiger partial charge in [-0.1, -0.05) is 39.8 Å². The van der Waals surface area contributed by atoms with Crippen molar-refractivity contribution < 1.29 is 9.53 Å². The van der Waals surface area contributed by atoms with Crippen LogP contribution in [0.4, 0.5) is 0 Å². The van der Waals surface area contributed by atoms with E-state index in [1.165, 1.54) is 12.8 Å². The van der Waals surface area contributed by atoms with Gasteiger partial charge in [-0.3, -0.25) is 0 Å². The molecular weight excluding hydrogens is 248 g/mol. The predicted octanol–water partition coefficient (Wildman–Crippen LogP) is 5.19. The van der Waals surface area contributed by atoms with Crippen LogP contribution in [0.2, 0.25) is 0 Å². The third kappa shape index (κ3) is 4.50. The SMILES string of the molecule is CCC=CC(CC)CCCC1(CC)C=C(CC)C(=O)O1. The first-order chi connectivity index (χ1) is 9.60. The zero-order chi connectivity index (χ0) is 15.0. The van der Waals surface area contributed by atoms with Crippen LogP contribution in [0.1, 0.15) is 72.6 Å². The fraction of sp³-hybridized carbons (Fsp3) is 0.722. The summed E-state index contributed by atoms with van der Waals surface area (Å²) < 4.78 is 5.65. The summed E-state index contributed by atoms with van der Waals surface area (Å²) in [6, 6.07) is 0. The maximum absolute atomic E-state index is 11.8. The van der Waals surface area contributed by atoms with E-state index in [4.69, 9.17) is 4.74 Å². The van der Waals surface area contributed by atoms with E-state index in [1.54, 1.807) is 0 Å². The average molecular weight is 278 g/mol. The molecule has 2 atom stereocenters. The molecule has 1 aliphatic rings. The van der Waals surface area contributed by atoms with E-state index in [-0.39, 0.29) is 11.6 Å². The zero-order valence-corrected chi connectivity index (χ0v) is 13.6. The van der Waals surface area contributed by atoms with E-state index in [0.717, 1.165) is 37.7 Å². The molecule has 2 unspecified atom stereocenters. The van der Waals surface area contributed by atoms with Crippen molar-refractivity contribution in [3.63, 3.8) is 0 Å². The lowest BCUT2D eigenvalue weighted by Crippen LogP contribution is -2.27. The second kappa shape index (κ2) is 8.28. The number of hydrogen-bond acceptors (Lipinski definition) is 2. The monoisotopic (exact) mass is 278 g/mol. The first-order valence-corrected chi connectivity index (χ1v) is 8.22. The lowest BCUT2D eigenvalue weighted by atomic mass is 9.89. The summed E-state index contributed by atoms with van der Waals surface area (Å²) in [5.74, 6) is 0.558. The summed E-state index contributed by atoms with van der Waals surface area (Å²) in [7, 11) is 0. The lowest BCUT2D eigenvalue weighted by molar-refractivity contribution is -0.147. The fourth-order valence-electron chi connectivity index (χ4n) is 2.81. The van der Waals surface area contributed by atoms with Crippen molar-refractivity contribution in [1.29, 1.82) is 0 Å².